The third kappa shape index (κ3) is 2.59. The molecule has 2 rings (SSSR count). The predicted octanol–water partition coefficient (Wildman–Crippen LogP) is 0.398. The van der Waals surface area contributed by atoms with E-state index in [1.807, 2.05) is 0 Å². The fourth-order valence-electron chi connectivity index (χ4n) is 1.99. The molecule has 0 aliphatic heterocycles. The molecule has 0 radical (unpaired) electrons. The summed E-state index contributed by atoms with van der Waals surface area (Å²) in [5.74, 6) is 0.343. The monoisotopic (exact) mass is 258 g/mol. The maximum absolute atomic E-state index is 9.82. The van der Waals surface area contributed by atoms with E-state index in [9.17, 15) is 10.2 Å². The van der Waals surface area contributed by atoms with Gasteiger partial charge in [0.15, 0.2) is 11.0 Å². The van der Waals surface area contributed by atoms with Gasteiger partial charge in [-0.25, -0.2) is 9.97 Å². The van der Waals surface area contributed by atoms with E-state index in [1.54, 1.807) is 0 Å². The summed E-state index contributed by atoms with van der Waals surface area (Å²) < 4.78 is 0. The molecule has 0 saturated heterocycles. The molecular formula is C10H15ClN4O2. The smallest absolute Gasteiger partial charge is 0.157 e. The van der Waals surface area contributed by atoms with Gasteiger partial charge in [-0.15, -0.1) is 0 Å². The van der Waals surface area contributed by atoms with E-state index in [1.165, 1.54) is 6.33 Å². The van der Waals surface area contributed by atoms with Crippen molar-refractivity contribution < 1.29 is 10.2 Å². The molecule has 5 N–H and O–H groups in total. The van der Waals surface area contributed by atoms with Gasteiger partial charge in [-0.3, -0.25) is 0 Å². The minimum absolute atomic E-state index is 0.155. The number of nitrogens with zero attached hydrogens (tertiary/aromatic N) is 2. The number of nitrogens with two attached hydrogens (primary N) is 1. The van der Waals surface area contributed by atoms with E-state index < -0.39 is 18.2 Å². The van der Waals surface area contributed by atoms with Gasteiger partial charge in [0.2, 0.25) is 0 Å². The summed E-state index contributed by atoms with van der Waals surface area (Å²) in [5, 5.41) is 22.7. The van der Waals surface area contributed by atoms with Crippen molar-refractivity contribution in [2.75, 3.05) is 11.1 Å². The average Bonchev–Trinajstić information content (AvgIpc) is 2.29. The zero-order valence-electron chi connectivity index (χ0n) is 9.17. The van der Waals surface area contributed by atoms with Gasteiger partial charge >= 0.3 is 0 Å². The van der Waals surface area contributed by atoms with Gasteiger partial charge in [0.1, 0.15) is 12.0 Å². The van der Waals surface area contributed by atoms with Crippen molar-refractivity contribution in [3.63, 3.8) is 0 Å². The lowest BCUT2D eigenvalue weighted by Gasteiger charge is -2.33. The first-order chi connectivity index (χ1) is 8.09. The summed E-state index contributed by atoms with van der Waals surface area (Å²) in [7, 11) is 0. The van der Waals surface area contributed by atoms with Crippen LogP contribution in [0.5, 0.6) is 0 Å². The normalized spacial score (nSPS) is 29.0. The van der Waals surface area contributed by atoms with Crippen LogP contribution in [0.25, 0.3) is 0 Å². The molecule has 1 heterocycles. The Bertz CT molecular complexity index is 394. The highest BCUT2D eigenvalue weighted by Gasteiger charge is 2.31. The Morgan fingerprint density at radius 3 is 2.59 bits per heavy atom. The molecule has 2 unspecified atom stereocenters. The molecule has 2 atom stereocenters. The second-order valence-corrected chi connectivity index (χ2v) is 4.52. The Labute approximate surface area is 104 Å². The van der Waals surface area contributed by atoms with Crippen LogP contribution in [-0.4, -0.2) is 38.4 Å². The van der Waals surface area contributed by atoms with E-state index in [2.05, 4.69) is 15.3 Å². The van der Waals surface area contributed by atoms with Crippen molar-refractivity contribution in [2.45, 2.75) is 37.5 Å². The molecule has 1 aromatic heterocycles. The summed E-state index contributed by atoms with van der Waals surface area (Å²) in [6.45, 7) is 0. The van der Waals surface area contributed by atoms with Gasteiger partial charge in [-0.05, 0) is 19.3 Å². The summed E-state index contributed by atoms with van der Waals surface area (Å²) in [6, 6.07) is -0.475. The molecule has 94 valence electrons. The number of aliphatic hydroxyl groups excluding tert-OH is 2. The molecule has 0 spiro atoms. The number of hydrogen-bond donors (Lipinski definition) is 4. The third-order valence-electron chi connectivity index (χ3n) is 2.97. The van der Waals surface area contributed by atoms with Crippen LogP contribution < -0.4 is 11.1 Å². The minimum Gasteiger partial charge on any atom is -0.393 e. The number of aromatic nitrogens is 2. The fraction of sp³-hybridized carbons (Fsp3) is 0.600. The topological polar surface area (TPSA) is 104 Å². The van der Waals surface area contributed by atoms with Crippen molar-refractivity contribution in [3.8, 4) is 0 Å². The summed E-state index contributed by atoms with van der Waals surface area (Å²) in [6.07, 6.45) is 2.14. The quantitative estimate of drug-likeness (QED) is 0.573. The Balaban J connectivity index is 2.16. The SMILES string of the molecule is Nc1c(Cl)ncnc1NC1C(O)CCCC1O. The molecule has 17 heavy (non-hydrogen) atoms. The van der Waals surface area contributed by atoms with Gasteiger partial charge in [0, 0.05) is 0 Å². The highest BCUT2D eigenvalue weighted by molar-refractivity contribution is 6.32. The van der Waals surface area contributed by atoms with Crippen molar-refractivity contribution >= 4 is 23.1 Å². The standard InChI is InChI=1S/C10H15ClN4O2/c11-9-7(12)10(14-4-13-9)15-8-5(16)2-1-3-6(8)17/h4-6,8,16-17H,1-3,12H2,(H,13,14,15). The first-order valence-electron chi connectivity index (χ1n) is 5.48. The van der Waals surface area contributed by atoms with E-state index in [0.717, 1.165) is 6.42 Å². The number of halogens is 1. The van der Waals surface area contributed by atoms with Crippen molar-refractivity contribution in [2.24, 2.45) is 0 Å². The number of nitrogen functional groups attached to an aromatic ring is 1. The maximum atomic E-state index is 9.82. The van der Waals surface area contributed by atoms with Crippen LogP contribution in [0.4, 0.5) is 11.5 Å². The number of hydrogen-bond acceptors (Lipinski definition) is 6. The Hall–Kier alpha value is -1.11. The van der Waals surface area contributed by atoms with Crippen LogP contribution in [0.1, 0.15) is 19.3 Å². The van der Waals surface area contributed by atoms with Crippen LogP contribution in [0, 0.1) is 0 Å². The second kappa shape index (κ2) is 5.03. The molecule has 0 bridgehead atoms. The minimum atomic E-state index is -0.619. The van der Waals surface area contributed by atoms with Crippen LogP contribution >= 0.6 is 11.6 Å². The van der Waals surface area contributed by atoms with E-state index in [0.29, 0.717) is 18.7 Å². The molecule has 6 nitrogen and oxygen atoms in total. The number of aliphatic hydroxyl groups is 2. The molecule has 1 fully saturated rings. The second-order valence-electron chi connectivity index (χ2n) is 4.16. The average molecular weight is 259 g/mol. The van der Waals surface area contributed by atoms with Crippen LogP contribution in [0.15, 0.2) is 6.33 Å². The number of rotatable bonds is 2. The lowest BCUT2D eigenvalue weighted by atomic mass is 9.90. The lowest BCUT2D eigenvalue weighted by molar-refractivity contribution is 0.0259. The van der Waals surface area contributed by atoms with Gasteiger partial charge < -0.3 is 21.3 Å². The number of nitrogens with one attached hydrogen (secondary N) is 1. The zero-order valence-corrected chi connectivity index (χ0v) is 9.93. The summed E-state index contributed by atoms with van der Waals surface area (Å²) in [4.78, 5) is 7.68. The summed E-state index contributed by atoms with van der Waals surface area (Å²) >= 11 is 5.76. The van der Waals surface area contributed by atoms with Crippen LogP contribution in [-0.2, 0) is 0 Å². The summed E-state index contributed by atoms with van der Waals surface area (Å²) in [5.41, 5.74) is 5.93. The fourth-order valence-corrected chi connectivity index (χ4v) is 2.12. The molecule has 0 aromatic carbocycles. The molecule has 1 aliphatic carbocycles. The van der Waals surface area contributed by atoms with Gasteiger partial charge in [-0.1, -0.05) is 11.6 Å². The van der Waals surface area contributed by atoms with Crippen LogP contribution in [0.3, 0.4) is 0 Å². The Morgan fingerprint density at radius 1 is 1.29 bits per heavy atom. The Morgan fingerprint density at radius 2 is 1.94 bits per heavy atom. The maximum Gasteiger partial charge on any atom is 0.157 e. The van der Waals surface area contributed by atoms with E-state index in [4.69, 9.17) is 17.3 Å². The van der Waals surface area contributed by atoms with Gasteiger partial charge in [0.05, 0.1) is 18.2 Å². The van der Waals surface area contributed by atoms with E-state index >= 15 is 0 Å². The highest BCUT2D eigenvalue weighted by Crippen LogP contribution is 2.27. The Kier molecular flexibility index (Phi) is 3.66. The highest BCUT2D eigenvalue weighted by atomic mass is 35.5. The predicted molar refractivity (Wildman–Crippen MR) is 64.7 cm³/mol. The van der Waals surface area contributed by atoms with Crippen molar-refractivity contribution in [1.82, 2.24) is 9.97 Å². The molecule has 1 aromatic rings. The van der Waals surface area contributed by atoms with Crippen molar-refractivity contribution in [3.05, 3.63) is 11.5 Å². The third-order valence-corrected chi connectivity index (χ3v) is 3.27. The first kappa shape index (κ1) is 12.3. The first-order valence-corrected chi connectivity index (χ1v) is 5.86. The lowest BCUT2D eigenvalue weighted by Crippen LogP contribution is -2.46. The van der Waals surface area contributed by atoms with Crippen molar-refractivity contribution in [1.29, 1.82) is 0 Å². The molecule has 0 amide bonds. The molecule has 1 saturated carbocycles. The molecular weight excluding hydrogens is 244 g/mol. The van der Waals surface area contributed by atoms with Gasteiger partial charge in [-0.2, -0.15) is 0 Å². The van der Waals surface area contributed by atoms with E-state index in [-0.39, 0.29) is 10.8 Å². The number of anilines is 2. The molecule has 1 aliphatic rings. The van der Waals surface area contributed by atoms with Crippen LogP contribution in [0.2, 0.25) is 5.15 Å². The van der Waals surface area contributed by atoms with Gasteiger partial charge in [0.25, 0.3) is 0 Å². The molecule has 7 heteroatoms. The largest absolute Gasteiger partial charge is 0.393 e. The zero-order chi connectivity index (χ0) is 12.4.